The Morgan fingerprint density at radius 3 is 2.62 bits per heavy atom. The average molecular weight is 324 g/mol. The third-order valence-corrected chi connectivity index (χ3v) is 5.13. The maximum Gasteiger partial charge on any atom is 0.223 e. The van der Waals surface area contributed by atoms with Crippen molar-refractivity contribution in [2.24, 2.45) is 5.73 Å². The Morgan fingerprint density at radius 2 is 1.79 bits per heavy atom. The van der Waals surface area contributed by atoms with Gasteiger partial charge in [0.05, 0.1) is 5.69 Å². The Labute approximate surface area is 142 Å². The van der Waals surface area contributed by atoms with Crippen LogP contribution in [-0.4, -0.2) is 22.1 Å². The molecule has 1 fully saturated rings. The molecule has 2 aliphatic carbocycles. The minimum Gasteiger partial charge on any atom is -0.474 e. The van der Waals surface area contributed by atoms with Crippen molar-refractivity contribution in [3.63, 3.8) is 0 Å². The predicted molar refractivity (Wildman–Crippen MR) is 94.8 cm³/mol. The van der Waals surface area contributed by atoms with Crippen LogP contribution in [0.1, 0.15) is 43.2 Å². The van der Waals surface area contributed by atoms with Gasteiger partial charge in [-0.3, -0.25) is 0 Å². The van der Waals surface area contributed by atoms with Gasteiger partial charge >= 0.3 is 0 Å². The number of hydrogen-bond acceptors (Lipinski definition) is 5. The van der Waals surface area contributed by atoms with Crippen molar-refractivity contribution in [3.05, 3.63) is 35.4 Å². The molecule has 0 saturated heterocycles. The molecule has 2 aromatic rings. The van der Waals surface area contributed by atoms with E-state index in [1.54, 1.807) is 0 Å². The molecule has 24 heavy (non-hydrogen) atoms. The highest BCUT2D eigenvalue weighted by Gasteiger charge is 2.25. The fraction of sp³-hybridized carbons (Fsp3) is 0.474. The second-order valence-electron chi connectivity index (χ2n) is 6.88. The van der Waals surface area contributed by atoms with Crippen molar-refractivity contribution < 1.29 is 4.74 Å². The van der Waals surface area contributed by atoms with Gasteiger partial charge in [0.2, 0.25) is 11.8 Å². The number of rotatable bonds is 2. The van der Waals surface area contributed by atoms with E-state index in [-0.39, 0.29) is 12.1 Å². The van der Waals surface area contributed by atoms with E-state index in [9.17, 15) is 0 Å². The molecule has 1 aromatic carbocycles. The Morgan fingerprint density at radius 1 is 1.00 bits per heavy atom. The molecule has 4 N–H and O–H groups in total. The van der Waals surface area contributed by atoms with Gasteiger partial charge in [0.25, 0.3) is 0 Å². The molecule has 0 atom stereocenters. The molecule has 1 heterocycles. The van der Waals surface area contributed by atoms with Crippen molar-refractivity contribution in [2.45, 2.75) is 57.1 Å². The van der Waals surface area contributed by atoms with Crippen molar-refractivity contribution in [1.29, 1.82) is 0 Å². The summed E-state index contributed by atoms with van der Waals surface area (Å²) < 4.78 is 6.27. The van der Waals surface area contributed by atoms with Crippen molar-refractivity contribution in [3.8, 4) is 17.1 Å². The number of anilines is 1. The van der Waals surface area contributed by atoms with Crippen LogP contribution in [0.5, 0.6) is 5.88 Å². The summed E-state index contributed by atoms with van der Waals surface area (Å²) in [5, 5.41) is 0. The zero-order valence-electron chi connectivity index (χ0n) is 13.9. The van der Waals surface area contributed by atoms with Gasteiger partial charge in [0.15, 0.2) is 0 Å². The summed E-state index contributed by atoms with van der Waals surface area (Å²) in [5.41, 5.74) is 16.5. The maximum absolute atomic E-state index is 6.27. The first-order chi connectivity index (χ1) is 11.7. The smallest absolute Gasteiger partial charge is 0.223 e. The summed E-state index contributed by atoms with van der Waals surface area (Å²) in [7, 11) is 0. The lowest BCUT2D eigenvalue weighted by Gasteiger charge is -2.27. The lowest BCUT2D eigenvalue weighted by Crippen LogP contribution is -2.32. The van der Waals surface area contributed by atoms with E-state index in [4.69, 9.17) is 16.2 Å². The quantitative estimate of drug-likeness (QED) is 0.887. The van der Waals surface area contributed by atoms with Crippen LogP contribution in [0.25, 0.3) is 11.3 Å². The zero-order valence-corrected chi connectivity index (χ0v) is 13.9. The Hall–Kier alpha value is -2.14. The van der Waals surface area contributed by atoms with Gasteiger partial charge in [0.1, 0.15) is 6.10 Å². The molecule has 0 bridgehead atoms. The molecule has 4 rings (SSSR count). The molecule has 5 heteroatoms. The molecule has 0 unspecified atom stereocenters. The highest BCUT2D eigenvalue weighted by Crippen LogP contribution is 2.36. The van der Waals surface area contributed by atoms with Crippen LogP contribution in [0.15, 0.2) is 24.3 Å². The van der Waals surface area contributed by atoms with Crippen LogP contribution >= 0.6 is 0 Å². The topological polar surface area (TPSA) is 87.0 Å². The number of nitrogen functional groups attached to an aromatic ring is 1. The predicted octanol–water partition coefficient (Wildman–Crippen LogP) is 2.86. The monoisotopic (exact) mass is 324 g/mol. The lowest BCUT2D eigenvalue weighted by molar-refractivity contribution is 0.140. The summed E-state index contributed by atoms with van der Waals surface area (Å²) in [6, 6.07) is 8.73. The van der Waals surface area contributed by atoms with Gasteiger partial charge < -0.3 is 16.2 Å². The van der Waals surface area contributed by atoms with Gasteiger partial charge in [-0.2, -0.15) is 4.98 Å². The highest BCUT2D eigenvalue weighted by molar-refractivity contribution is 5.70. The molecule has 1 aromatic heterocycles. The molecule has 0 spiro atoms. The molecule has 5 nitrogen and oxygen atoms in total. The third-order valence-electron chi connectivity index (χ3n) is 5.13. The summed E-state index contributed by atoms with van der Waals surface area (Å²) >= 11 is 0. The molecule has 0 radical (unpaired) electrons. The number of nitrogens with two attached hydrogens (primary N) is 2. The van der Waals surface area contributed by atoms with Crippen molar-refractivity contribution >= 4 is 5.95 Å². The number of benzene rings is 1. The number of hydrogen-bond donors (Lipinski definition) is 2. The van der Waals surface area contributed by atoms with E-state index in [1.807, 2.05) is 0 Å². The van der Waals surface area contributed by atoms with E-state index >= 15 is 0 Å². The number of aromatic nitrogens is 2. The molecular weight excluding hydrogens is 300 g/mol. The Kier molecular flexibility index (Phi) is 4.10. The van der Waals surface area contributed by atoms with Gasteiger partial charge in [0, 0.05) is 17.2 Å². The molecule has 1 saturated carbocycles. The first-order valence-corrected chi connectivity index (χ1v) is 8.87. The Bertz CT molecular complexity index is 738. The molecule has 2 aliphatic rings. The summed E-state index contributed by atoms with van der Waals surface area (Å²) in [6.45, 7) is 0. The minimum absolute atomic E-state index is 0.182. The highest BCUT2D eigenvalue weighted by atomic mass is 16.5. The van der Waals surface area contributed by atoms with E-state index in [2.05, 4.69) is 34.2 Å². The normalized spacial score (nSPS) is 23.0. The third kappa shape index (κ3) is 2.96. The zero-order chi connectivity index (χ0) is 16.5. The van der Waals surface area contributed by atoms with Crippen molar-refractivity contribution in [1.82, 2.24) is 9.97 Å². The largest absolute Gasteiger partial charge is 0.474 e. The SMILES string of the molecule is Nc1nc(O[C@H]2CC[C@H](N)CC2)c2c(n1)-c1ccccc1CCC2. The van der Waals surface area contributed by atoms with Crippen LogP contribution in [0.3, 0.4) is 0 Å². The lowest BCUT2D eigenvalue weighted by atomic mass is 9.93. The van der Waals surface area contributed by atoms with E-state index in [1.165, 1.54) is 5.56 Å². The summed E-state index contributed by atoms with van der Waals surface area (Å²) in [4.78, 5) is 8.97. The van der Waals surface area contributed by atoms with Crippen LogP contribution in [0.2, 0.25) is 0 Å². The Balaban J connectivity index is 1.71. The second-order valence-corrected chi connectivity index (χ2v) is 6.88. The van der Waals surface area contributed by atoms with Crippen molar-refractivity contribution in [2.75, 3.05) is 5.73 Å². The summed E-state index contributed by atoms with van der Waals surface area (Å²) in [5.74, 6) is 0.961. The van der Waals surface area contributed by atoms with Crippen LogP contribution in [-0.2, 0) is 12.8 Å². The van der Waals surface area contributed by atoms with E-state index in [0.717, 1.165) is 61.8 Å². The molecule has 0 amide bonds. The van der Waals surface area contributed by atoms with Gasteiger partial charge in [-0.15, -0.1) is 0 Å². The van der Waals surface area contributed by atoms with Crippen LogP contribution in [0.4, 0.5) is 5.95 Å². The number of ether oxygens (including phenoxy) is 1. The fourth-order valence-electron chi connectivity index (χ4n) is 3.81. The van der Waals surface area contributed by atoms with Crippen LogP contribution in [0, 0.1) is 0 Å². The maximum atomic E-state index is 6.27. The summed E-state index contributed by atoms with van der Waals surface area (Å²) in [6.07, 6.45) is 7.21. The average Bonchev–Trinajstić information content (AvgIpc) is 2.77. The minimum atomic E-state index is 0.182. The van der Waals surface area contributed by atoms with E-state index < -0.39 is 0 Å². The number of aryl methyl sites for hydroxylation is 1. The molecule has 126 valence electrons. The molecular formula is C19H24N4O. The van der Waals surface area contributed by atoms with E-state index in [0.29, 0.717) is 11.9 Å². The number of nitrogens with zero attached hydrogens (tertiary/aromatic N) is 2. The first-order valence-electron chi connectivity index (χ1n) is 8.87. The molecule has 0 aliphatic heterocycles. The van der Waals surface area contributed by atoms with Gasteiger partial charge in [-0.25, -0.2) is 4.98 Å². The van der Waals surface area contributed by atoms with Gasteiger partial charge in [-0.1, -0.05) is 24.3 Å². The standard InChI is InChI=1S/C19H24N4O/c20-13-8-10-14(11-9-13)24-18-16-7-3-5-12-4-1-2-6-15(12)17(16)22-19(21)23-18/h1-2,4,6,13-14H,3,5,7-11,20H2,(H2,21,22,23)/t13-,14-. The number of fused-ring (bicyclic) bond motifs is 3. The van der Waals surface area contributed by atoms with Gasteiger partial charge in [-0.05, 0) is 50.5 Å². The first kappa shape index (κ1) is 15.4. The second kappa shape index (κ2) is 6.40. The fourth-order valence-corrected chi connectivity index (χ4v) is 3.81. The van der Waals surface area contributed by atoms with Crippen LogP contribution < -0.4 is 16.2 Å².